The zero-order chi connectivity index (χ0) is 10.6. The summed E-state index contributed by atoms with van der Waals surface area (Å²) in [5.41, 5.74) is 5.55. The van der Waals surface area contributed by atoms with Crippen LogP contribution in [-0.2, 0) is 0 Å². The van der Waals surface area contributed by atoms with Gasteiger partial charge in [0.2, 0.25) is 0 Å². The first-order valence-electron chi connectivity index (χ1n) is 5.36. The minimum Gasteiger partial charge on any atom is -0.409 e. The van der Waals surface area contributed by atoms with Crippen LogP contribution in [0.3, 0.4) is 0 Å². The summed E-state index contributed by atoms with van der Waals surface area (Å²) in [6, 6.07) is 0.637. The SMILES string of the molecule is CC(CN1CCCCC1C)/C(N)=N/O. The van der Waals surface area contributed by atoms with E-state index in [1.807, 2.05) is 6.92 Å². The summed E-state index contributed by atoms with van der Waals surface area (Å²) in [5, 5.41) is 11.6. The van der Waals surface area contributed by atoms with Gasteiger partial charge in [0.15, 0.2) is 0 Å². The van der Waals surface area contributed by atoms with E-state index in [0.717, 1.165) is 13.1 Å². The van der Waals surface area contributed by atoms with Gasteiger partial charge >= 0.3 is 0 Å². The second-order valence-corrected chi connectivity index (χ2v) is 4.27. The summed E-state index contributed by atoms with van der Waals surface area (Å²) in [6.07, 6.45) is 3.87. The molecule has 0 aromatic heterocycles. The minimum absolute atomic E-state index is 0.139. The summed E-state index contributed by atoms with van der Waals surface area (Å²) in [6.45, 7) is 6.29. The van der Waals surface area contributed by atoms with Crippen molar-refractivity contribution in [2.75, 3.05) is 13.1 Å². The van der Waals surface area contributed by atoms with Gasteiger partial charge in [0.1, 0.15) is 5.84 Å². The molecule has 2 atom stereocenters. The summed E-state index contributed by atoms with van der Waals surface area (Å²) in [4.78, 5) is 2.42. The number of rotatable bonds is 3. The maximum atomic E-state index is 8.55. The van der Waals surface area contributed by atoms with Crippen LogP contribution in [0.5, 0.6) is 0 Å². The summed E-state index contributed by atoms with van der Waals surface area (Å²) >= 11 is 0. The molecular weight excluding hydrogens is 178 g/mol. The Labute approximate surface area is 85.8 Å². The fraction of sp³-hybridized carbons (Fsp3) is 0.900. The van der Waals surface area contributed by atoms with E-state index in [0.29, 0.717) is 11.9 Å². The molecule has 0 amide bonds. The first kappa shape index (κ1) is 11.3. The molecule has 14 heavy (non-hydrogen) atoms. The predicted molar refractivity (Wildman–Crippen MR) is 57.5 cm³/mol. The lowest BCUT2D eigenvalue weighted by Gasteiger charge is -2.34. The standard InChI is InChI=1S/C10H21N3O/c1-8(10(11)12-14)7-13-6-4-3-5-9(13)2/h8-9,14H,3-7H2,1-2H3,(H2,11,12). The second kappa shape index (κ2) is 5.20. The van der Waals surface area contributed by atoms with Gasteiger partial charge in [0.25, 0.3) is 0 Å². The van der Waals surface area contributed by atoms with Crippen molar-refractivity contribution < 1.29 is 5.21 Å². The normalized spacial score (nSPS) is 27.6. The van der Waals surface area contributed by atoms with E-state index in [4.69, 9.17) is 10.9 Å². The third kappa shape index (κ3) is 2.87. The summed E-state index contributed by atoms with van der Waals surface area (Å²) < 4.78 is 0. The molecular formula is C10H21N3O. The van der Waals surface area contributed by atoms with E-state index < -0.39 is 0 Å². The Kier molecular flexibility index (Phi) is 4.20. The minimum atomic E-state index is 0.139. The van der Waals surface area contributed by atoms with Crippen LogP contribution in [0.2, 0.25) is 0 Å². The first-order valence-corrected chi connectivity index (χ1v) is 5.36. The molecule has 4 heteroatoms. The maximum Gasteiger partial charge on any atom is 0.143 e. The van der Waals surface area contributed by atoms with E-state index in [-0.39, 0.29) is 5.92 Å². The van der Waals surface area contributed by atoms with Crippen LogP contribution in [0.15, 0.2) is 5.16 Å². The largest absolute Gasteiger partial charge is 0.409 e. The van der Waals surface area contributed by atoms with Crippen molar-refractivity contribution in [2.24, 2.45) is 16.8 Å². The first-order chi connectivity index (χ1) is 6.65. The van der Waals surface area contributed by atoms with Crippen molar-refractivity contribution >= 4 is 5.84 Å². The quantitative estimate of drug-likeness (QED) is 0.311. The van der Waals surface area contributed by atoms with Gasteiger partial charge in [0.05, 0.1) is 0 Å². The molecule has 0 aromatic carbocycles. The molecule has 3 N–H and O–H groups in total. The van der Waals surface area contributed by atoms with E-state index in [2.05, 4.69) is 17.0 Å². The lowest BCUT2D eigenvalue weighted by Crippen LogP contribution is -2.42. The van der Waals surface area contributed by atoms with Gasteiger partial charge in [-0.2, -0.15) is 0 Å². The van der Waals surface area contributed by atoms with E-state index in [1.54, 1.807) is 0 Å². The Morgan fingerprint density at radius 3 is 2.93 bits per heavy atom. The van der Waals surface area contributed by atoms with Crippen molar-refractivity contribution in [3.8, 4) is 0 Å². The van der Waals surface area contributed by atoms with Crippen molar-refractivity contribution in [1.82, 2.24) is 4.90 Å². The van der Waals surface area contributed by atoms with Gasteiger partial charge in [-0.05, 0) is 26.3 Å². The number of hydrogen-bond donors (Lipinski definition) is 2. The Bertz CT molecular complexity index is 206. The molecule has 0 radical (unpaired) electrons. The Balaban J connectivity index is 2.42. The summed E-state index contributed by atoms with van der Waals surface area (Å²) in [7, 11) is 0. The third-order valence-corrected chi connectivity index (χ3v) is 3.07. The van der Waals surface area contributed by atoms with E-state index in [9.17, 15) is 0 Å². The molecule has 0 spiro atoms. The average molecular weight is 199 g/mol. The van der Waals surface area contributed by atoms with Crippen molar-refractivity contribution in [1.29, 1.82) is 0 Å². The molecule has 82 valence electrons. The monoisotopic (exact) mass is 199 g/mol. The fourth-order valence-electron chi connectivity index (χ4n) is 1.97. The van der Waals surface area contributed by atoms with Gasteiger partial charge in [-0.25, -0.2) is 0 Å². The van der Waals surface area contributed by atoms with Crippen LogP contribution in [0, 0.1) is 5.92 Å². The van der Waals surface area contributed by atoms with Crippen LogP contribution < -0.4 is 5.73 Å². The number of hydrogen-bond acceptors (Lipinski definition) is 3. The molecule has 1 rings (SSSR count). The molecule has 0 aliphatic carbocycles. The number of amidine groups is 1. The van der Waals surface area contributed by atoms with Gasteiger partial charge in [-0.1, -0.05) is 18.5 Å². The molecule has 1 fully saturated rings. The molecule has 1 heterocycles. The highest BCUT2D eigenvalue weighted by Gasteiger charge is 2.21. The third-order valence-electron chi connectivity index (χ3n) is 3.07. The molecule has 4 nitrogen and oxygen atoms in total. The fourth-order valence-corrected chi connectivity index (χ4v) is 1.97. The lowest BCUT2D eigenvalue weighted by atomic mass is 10.0. The van der Waals surface area contributed by atoms with Crippen molar-refractivity contribution in [3.05, 3.63) is 0 Å². The Morgan fingerprint density at radius 2 is 2.36 bits per heavy atom. The molecule has 0 saturated carbocycles. The molecule has 1 saturated heterocycles. The molecule has 1 aliphatic rings. The maximum absolute atomic E-state index is 8.55. The zero-order valence-corrected chi connectivity index (χ0v) is 9.11. The Morgan fingerprint density at radius 1 is 1.64 bits per heavy atom. The Hall–Kier alpha value is -0.770. The van der Waals surface area contributed by atoms with E-state index >= 15 is 0 Å². The smallest absolute Gasteiger partial charge is 0.143 e. The molecule has 1 aliphatic heterocycles. The highest BCUT2D eigenvalue weighted by molar-refractivity contribution is 5.82. The number of nitrogens with two attached hydrogens (primary N) is 1. The van der Waals surface area contributed by atoms with Crippen LogP contribution >= 0.6 is 0 Å². The molecule has 0 bridgehead atoms. The van der Waals surface area contributed by atoms with Gasteiger partial charge in [-0.3, -0.25) is 4.90 Å². The van der Waals surface area contributed by atoms with Crippen molar-refractivity contribution in [2.45, 2.75) is 39.2 Å². The van der Waals surface area contributed by atoms with Gasteiger partial charge in [0, 0.05) is 18.5 Å². The molecule has 2 unspecified atom stereocenters. The number of nitrogens with zero attached hydrogens (tertiary/aromatic N) is 2. The highest BCUT2D eigenvalue weighted by Crippen LogP contribution is 2.17. The van der Waals surface area contributed by atoms with Crippen molar-refractivity contribution in [3.63, 3.8) is 0 Å². The summed E-state index contributed by atoms with van der Waals surface area (Å²) in [5.74, 6) is 0.475. The average Bonchev–Trinajstić information content (AvgIpc) is 2.20. The number of oxime groups is 1. The van der Waals surface area contributed by atoms with E-state index in [1.165, 1.54) is 19.3 Å². The second-order valence-electron chi connectivity index (χ2n) is 4.27. The highest BCUT2D eigenvalue weighted by atomic mass is 16.4. The zero-order valence-electron chi connectivity index (χ0n) is 9.11. The predicted octanol–water partition coefficient (Wildman–Crippen LogP) is 1.24. The molecule has 0 aromatic rings. The van der Waals surface area contributed by atoms with Gasteiger partial charge in [-0.15, -0.1) is 0 Å². The van der Waals surface area contributed by atoms with Crippen LogP contribution in [0.1, 0.15) is 33.1 Å². The lowest BCUT2D eigenvalue weighted by molar-refractivity contribution is 0.151. The van der Waals surface area contributed by atoms with Crippen LogP contribution in [0.4, 0.5) is 0 Å². The topological polar surface area (TPSA) is 61.8 Å². The van der Waals surface area contributed by atoms with Gasteiger partial charge < -0.3 is 10.9 Å². The number of likely N-dealkylation sites (tertiary alicyclic amines) is 1. The van der Waals surface area contributed by atoms with Crippen LogP contribution in [-0.4, -0.2) is 35.1 Å². The number of piperidine rings is 1. The van der Waals surface area contributed by atoms with Crippen LogP contribution in [0.25, 0.3) is 0 Å².